The van der Waals surface area contributed by atoms with E-state index in [1.54, 1.807) is 12.4 Å². The van der Waals surface area contributed by atoms with Crippen LogP contribution in [0.4, 0.5) is 5.82 Å². The second-order valence-electron chi connectivity index (χ2n) is 7.08. The van der Waals surface area contributed by atoms with Gasteiger partial charge in [-0.3, -0.25) is 9.78 Å². The van der Waals surface area contributed by atoms with Gasteiger partial charge in [-0.1, -0.05) is 0 Å². The highest BCUT2D eigenvalue weighted by atomic mass is 32.1. The third-order valence-corrected chi connectivity index (χ3v) is 5.88. The summed E-state index contributed by atoms with van der Waals surface area (Å²) in [6.45, 7) is 5.72. The Bertz CT molecular complexity index is 964. The summed E-state index contributed by atoms with van der Waals surface area (Å²) in [6.07, 6.45) is 5.34. The fourth-order valence-electron chi connectivity index (χ4n) is 3.40. The second-order valence-corrected chi connectivity index (χ2v) is 8.37. The van der Waals surface area contributed by atoms with Gasteiger partial charge >= 0.3 is 0 Å². The summed E-state index contributed by atoms with van der Waals surface area (Å²) in [6, 6.07) is 9.97. The van der Waals surface area contributed by atoms with Crippen LogP contribution in [0.2, 0.25) is 0 Å². The molecule has 0 spiro atoms. The van der Waals surface area contributed by atoms with Crippen LogP contribution in [-0.2, 0) is 0 Å². The van der Waals surface area contributed by atoms with Gasteiger partial charge in [-0.05, 0) is 51.0 Å². The van der Waals surface area contributed by atoms with Crippen LogP contribution < -0.4 is 10.2 Å². The topological polar surface area (TPSA) is 71.0 Å². The van der Waals surface area contributed by atoms with Gasteiger partial charge < -0.3 is 10.2 Å². The Morgan fingerprint density at radius 1 is 1.18 bits per heavy atom. The van der Waals surface area contributed by atoms with E-state index in [9.17, 15) is 4.79 Å². The van der Waals surface area contributed by atoms with Crippen LogP contribution in [0.3, 0.4) is 0 Å². The first kappa shape index (κ1) is 18.6. The zero-order valence-electron chi connectivity index (χ0n) is 16.1. The lowest BCUT2D eigenvalue weighted by molar-refractivity contribution is 0.0935. The van der Waals surface area contributed by atoms with Crippen molar-refractivity contribution < 1.29 is 4.79 Å². The predicted octanol–water partition coefficient (Wildman–Crippen LogP) is 3.62. The molecule has 28 heavy (non-hydrogen) atoms. The van der Waals surface area contributed by atoms with E-state index >= 15 is 0 Å². The van der Waals surface area contributed by atoms with Crippen LogP contribution in [0.5, 0.6) is 0 Å². The number of amides is 1. The maximum Gasteiger partial charge on any atom is 0.261 e. The first-order valence-corrected chi connectivity index (χ1v) is 10.3. The van der Waals surface area contributed by atoms with Crippen LogP contribution >= 0.6 is 11.3 Å². The number of nitrogens with zero attached hydrogens (tertiary/aromatic N) is 4. The molecule has 3 aromatic heterocycles. The molecule has 6 nitrogen and oxygen atoms in total. The number of aryl methyl sites for hydroxylation is 2. The molecule has 4 rings (SSSR count). The van der Waals surface area contributed by atoms with Crippen molar-refractivity contribution in [1.82, 2.24) is 20.3 Å². The highest BCUT2D eigenvalue weighted by molar-refractivity contribution is 7.13. The van der Waals surface area contributed by atoms with Crippen LogP contribution in [-0.4, -0.2) is 40.0 Å². The minimum Gasteiger partial charge on any atom is -0.356 e. The Balaban J connectivity index is 1.41. The average Bonchev–Trinajstić information content (AvgIpc) is 3.15. The van der Waals surface area contributed by atoms with E-state index in [-0.39, 0.29) is 11.9 Å². The molecule has 1 fully saturated rings. The minimum atomic E-state index is 0.0355. The molecule has 1 aliphatic heterocycles. The van der Waals surface area contributed by atoms with Crippen molar-refractivity contribution >= 4 is 23.1 Å². The van der Waals surface area contributed by atoms with Crippen molar-refractivity contribution in [2.75, 3.05) is 18.0 Å². The van der Waals surface area contributed by atoms with Crippen LogP contribution in [0.1, 0.15) is 33.1 Å². The average molecular weight is 394 g/mol. The highest BCUT2D eigenvalue weighted by Gasteiger charge is 2.23. The quantitative estimate of drug-likeness (QED) is 0.733. The molecule has 3 aromatic rings. The van der Waals surface area contributed by atoms with Gasteiger partial charge in [0.2, 0.25) is 0 Å². The molecule has 0 unspecified atom stereocenters. The molecule has 0 bridgehead atoms. The molecule has 0 saturated carbocycles. The first-order chi connectivity index (χ1) is 13.6. The third kappa shape index (κ3) is 4.20. The number of carbonyl (C=O) groups excluding carboxylic acids is 1. The largest absolute Gasteiger partial charge is 0.356 e. The molecule has 7 heteroatoms. The molecular weight excluding hydrogens is 370 g/mol. The van der Waals surface area contributed by atoms with Gasteiger partial charge in [0, 0.05) is 53.7 Å². The molecular formula is C21H23N5OS. The SMILES string of the molecule is Cc1cc(N2CCC(NC(=O)c3ccc(C)s3)CC2)nc(-c2cccnc2)n1. The van der Waals surface area contributed by atoms with Gasteiger partial charge in [-0.25, -0.2) is 9.97 Å². The summed E-state index contributed by atoms with van der Waals surface area (Å²) >= 11 is 1.54. The molecule has 0 aliphatic carbocycles. The van der Waals surface area contributed by atoms with Gasteiger partial charge in [0.05, 0.1) is 4.88 Å². The molecule has 1 aliphatic rings. The molecule has 0 radical (unpaired) electrons. The van der Waals surface area contributed by atoms with Crippen molar-refractivity contribution in [2.45, 2.75) is 32.7 Å². The van der Waals surface area contributed by atoms with E-state index in [0.29, 0.717) is 5.82 Å². The Hall–Kier alpha value is -2.80. The summed E-state index contributed by atoms with van der Waals surface area (Å²) in [5.74, 6) is 1.67. The molecule has 0 aromatic carbocycles. The number of aromatic nitrogens is 3. The van der Waals surface area contributed by atoms with Gasteiger partial charge in [0.15, 0.2) is 5.82 Å². The van der Waals surface area contributed by atoms with Gasteiger partial charge in [0.25, 0.3) is 5.91 Å². The fourth-order valence-corrected chi connectivity index (χ4v) is 4.17. The molecule has 4 heterocycles. The summed E-state index contributed by atoms with van der Waals surface area (Å²) in [4.78, 5) is 30.1. The summed E-state index contributed by atoms with van der Waals surface area (Å²) in [7, 11) is 0. The van der Waals surface area contributed by atoms with E-state index in [2.05, 4.69) is 20.2 Å². The third-order valence-electron chi connectivity index (χ3n) is 4.88. The molecule has 1 amide bonds. The maximum atomic E-state index is 12.4. The van der Waals surface area contributed by atoms with Crippen molar-refractivity contribution in [1.29, 1.82) is 0 Å². The monoisotopic (exact) mass is 393 g/mol. The summed E-state index contributed by atoms with van der Waals surface area (Å²) in [5, 5.41) is 3.17. The predicted molar refractivity (Wildman–Crippen MR) is 112 cm³/mol. The maximum absolute atomic E-state index is 12.4. The van der Waals surface area contributed by atoms with Crippen molar-refractivity contribution in [3.05, 3.63) is 58.2 Å². The molecule has 0 atom stereocenters. The first-order valence-electron chi connectivity index (χ1n) is 9.47. The standard InChI is InChI=1S/C21H23N5OS/c1-14-12-19(25-20(23-14)16-4-3-9-22-13-16)26-10-7-17(8-11-26)24-21(27)18-6-5-15(2)28-18/h3-6,9,12-13,17H,7-8,10-11H2,1-2H3,(H,24,27). The lowest BCUT2D eigenvalue weighted by atomic mass is 10.0. The zero-order chi connectivity index (χ0) is 19.5. The number of thiophene rings is 1. The van der Waals surface area contributed by atoms with Crippen LogP contribution in [0, 0.1) is 13.8 Å². The van der Waals surface area contributed by atoms with E-state index in [4.69, 9.17) is 4.98 Å². The fraction of sp³-hybridized carbons (Fsp3) is 0.333. The number of hydrogen-bond acceptors (Lipinski definition) is 6. The summed E-state index contributed by atoms with van der Waals surface area (Å²) in [5.41, 5.74) is 1.85. The number of carbonyl (C=O) groups is 1. The zero-order valence-corrected chi connectivity index (χ0v) is 16.9. The van der Waals surface area contributed by atoms with Crippen molar-refractivity contribution in [3.63, 3.8) is 0 Å². The lowest BCUT2D eigenvalue weighted by Gasteiger charge is -2.33. The van der Waals surface area contributed by atoms with Crippen LogP contribution in [0.15, 0.2) is 42.7 Å². The van der Waals surface area contributed by atoms with Crippen molar-refractivity contribution in [3.8, 4) is 11.4 Å². The van der Waals surface area contributed by atoms with E-state index in [0.717, 1.165) is 52.8 Å². The van der Waals surface area contributed by atoms with Gasteiger partial charge in [0.1, 0.15) is 5.82 Å². The molecule has 1 saturated heterocycles. The number of hydrogen-bond donors (Lipinski definition) is 1. The summed E-state index contributed by atoms with van der Waals surface area (Å²) < 4.78 is 0. The molecule has 144 valence electrons. The van der Waals surface area contributed by atoms with E-state index in [1.807, 2.05) is 44.2 Å². The normalized spacial score (nSPS) is 14.9. The van der Waals surface area contributed by atoms with Crippen LogP contribution in [0.25, 0.3) is 11.4 Å². The Morgan fingerprint density at radius 3 is 2.68 bits per heavy atom. The number of nitrogens with one attached hydrogen (secondary N) is 1. The smallest absolute Gasteiger partial charge is 0.261 e. The second kappa shape index (κ2) is 8.06. The Labute approximate surface area is 168 Å². The number of pyridine rings is 1. The minimum absolute atomic E-state index is 0.0355. The molecule has 1 N–H and O–H groups in total. The number of anilines is 1. The van der Waals surface area contributed by atoms with Crippen molar-refractivity contribution in [2.24, 2.45) is 0 Å². The Morgan fingerprint density at radius 2 is 2.00 bits per heavy atom. The number of rotatable bonds is 4. The lowest BCUT2D eigenvalue weighted by Crippen LogP contribution is -2.44. The Kier molecular flexibility index (Phi) is 5.34. The van der Waals surface area contributed by atoms with E-state index in [1.165, 1.54) is 11.3 Å². The van der Waals surface area contributed by atoms with E-state index < -0.39 is 0 Å². The van der Waals surface area contributed by atoms with Gasteiger partial charge in [-0.15, -0.1) is 11.3 Å². The highest BCUT2D eigenvalue weighted by Crippen LogP contribution is 2.23. The number of piperidine rings is 1. The van der Waals surface area contributed by atoms with Gasteiger partial charge in [-0.2, -0.15) is 0 Å².